The van der Waals surface area contributed by atoms with Crippen LogP contribution in [0.1, 0.15) is 39.0 Å². The lowest BCUT2D eigenvalue weighted by Crippen LogP contribution is -2.31. The zero-order chi connectivity index (χ0) is 12.7. The van der Waals surface area contributed by atoms with Gasteiger partial charge < -0.3 is 21.4 Å². The summed E-state index contributed by atoms with van der Waals surface area (Å²) in [6.45, 7) is 4.26. The molecule has 1 aliphatic carbocycles. The molecule has 0 spiro atoms. The van der Waals surface area contributed by atoms with E-state index >= 15 is 0 Å². The van der Waals surface area contributed by atoms with Crippen LogP contribution in [-0.4, -0.2) is 35.8 Å². The zero-order valence-corrected chi connectivity index (χ0v) is 10.7. The summed E-state index contributed by atoms with van der Waals surface area (Å²) in [6, 6.07) is 0. The van der Waals surface area contributed by atoms with Gasteiger partial charge in [-0.15, -0.1) is 0 Å². The quantitative estimate of drug-likeness (QED) is 0.210. The van der Waals surface area contributed by atoms with Crippen LogP contribution in [0.3, 0.4) is 0 Å². The lowest BCUT2D eigenvalue weighted by Gasteiger charge is -2.18. The molecule has 5 nitrogen and oxygen atoms in total. The van der Waals surface area contributed by atoms with E-state index in [1.165, 1.54) is 0 Å². The summed E-state index contributed by atoms with van der Waals surface area (Å²) < 4.78 is 0. The molecule has 0 amide bonds. The third-order valence-corrected chi connectivity index (χ3v) is 3.69. The number of nitrogens with one attached hydrogen (secondary N) is 1. The zero-order valence-electron chi connectivity index (χ0n) is 10.7. The number of nitrogens with zero attached hydrogens (tertiary/aromatic N) is 1. The molecule has 1 fully saturated rings. The Kier molecular flexibility index (Phi) is 5.71. The van der Waals surface area contributed by atoms with Crippen LogP contribution in [0, 0.1) is 11.3 Å². The molecule has 0 aromatic rings. The van der Waals surface area contributed by atoms with Gasteiger partial charge in [0.1, 0.15) is 5.84 Å². The Morgan fingerprint density at radius 1 is 1.53 bits per heavy atom. The highest BCUT2D eigenvalue weighted by Crippen LogP contribution is 2.48. The van der Waals surface area contributed by atoms with E-state index < -0.39 is 0 Å². The minimum atomic E-state index is 0.216. The molecule has 0 aromatic heterocycles. The van der Waals surface area contributed by atoms with Gasteiger partial charge in [-0.2, -0.15) is 0 Å². The van der Waals surface area contributed by atoms with E-state index in [-0.39, 0.29) is 12.0 Å². The van der Waals surface area contributed by atoms with E-state index in [1.54, 1.807) is 0 Å². The maximum atomic E-state index is 8.90. The fraction of sp³-hybridized carbons (Fsp3) is 0.917. The molecule has 0 aliphatic heterocycles. The van der Waals surface area contributed by atoms with Crippen molar-refractivity contribution in [3.63, 3.8) is 0 Å². The van der Waals surface area contributed by atoms with Crippen LogP contribution in [0.4, 0.5) is 0 Å². The third kappa shape index (κ3) is 4.91. The molecular formula is C12H25N3O2. The first-order valence-corrected chi connectivity index (χ1v) is 6.44. The lowest BCUT2D eigenvalue weighted by molar-refractivity contribution is 0.249. The Hall–Kier alpha value is -0.810. The molecule has 100 valence electrons. The van der Waals surface area contributed by atoms with Crippen molar-refractivity contribution in [1.82, 2.24) is 5.32 Å². The van der Waals surface area contributed by atoms with Gasteiger partial charge in [-0.25, -0.2) is 0 Å². The normalized spacial score (nSPS) is 20.2. The summed E-state index contributed by atoms with van der Waals surface area (Å²) in [5.41, 5.74) is 5.76. The number of hydrogen-bond acceptors (Lipinski definition) is 4. The Balaban J connectivity index is 2.21. The summed E-state index contributed by atoms with van der Waals surface area (Å²) in [5.74, 6) is 0.867. The minimum Gasteiger partial charge on any atom is -0.409 e. The summed E-state index contributed by atoms with van der Waals surface area (Å²) >= 11 is 0. The largest absolute Gasteiger partial charge is 0.409 e. The molecule has 17 heavy (non-hydrogen) atoms. The Morgan fingerprint density at radius 2 is 2.24 bits per heavy atom. The third-order valence-electron chi connectivity index (χ3n) is 3.69. The van der Waals surface area contributed by atoms with Gasteiger partial charge in [-0.05, 0) is 37.1 Å². The second-order valence-electron chi connectivity index (χ2n) is 5.19. The van der Waals surface area contributed by atoms with E-state index in [9.17, 15) is 0 Å². The molecule has 0 heterocycles. The first-order valence-electron chi connectivity index (χ1n) is 6.44. The summed E-state index contributed by atoms with van der Waals surface area (Å²) in [6.07, 6.45) is 4.91. The van der Waals surface area contributed by atoms with Crippen LogP contribution in [0.15, 0.2) is 5.16 Å². The molecule has 1 unspecified atom stereocenters. The first kappa shape index (κ1) is 14.3. The van der Waals surface area contributed by atoms with E-state index in [0.29, 0.717) is 18.2 Å². The highest BCUT2D eigenvalue weighted by Gasteiger charge is 2.42. The SMILES string of the molecule is CCC(CCO)CNCC1(CC(N)=NO)CC1. The van der Waals surface area contributed by atoms with Crippen LogP contribution in [0.2, 0.25) is 0 Å². The fourth-order valence-electron chi connectivity index (χ4n) is 2.19. The average molecular weight is 243 g/mol. The van der Waals surface area contributed by atoms with Crippen LogP contribution >= 0.6 is 0 Å². The molecule has 1 saturated carbocycles. The number of nitrogens with two attached hydrogens (primary N) is 1. The van der Waals surface area contributed by atoms with Crippen molar-refractivity contribution in [3.8, 4) is 0 Å². The highest BCUT2D eigenvalue weighted by atomic mass is 16.4. The Morgan fingerprint density at radius 3 is 2.71 bits per heavy atom. The van der Waals surface area contributed by atoms with E-state index in [1.807, 2.05) is 0 Å². The van der Waals surface area contributed by atoms with E-state index in [4.69, 9.17) is 16.0 Å². The van der Waals surface area contributed by atoms with Crippen LogP contribution in [0.25, 0.3) is 0 Å². The predicted molar refractivity (Wildman–Crippen MR) is 68.0 cm³/mol. The molecule has 0 bridgehead atoms. The highest BCUT2D eigenvalue weighted by molar-refractivity contribution is 5.80. The van der Waals surface area contributed by atoms with Crippen molar-refractivity contribution in [1.29, 1.82) is 0 Å². The van der Waals surface area contributed by atoms with Crippen LogP contribution < -0.4 is 11.1 Å². The molecule has 0 saturated heterocycles. The number of oxime groups is 1. The predicted octanol–water partition coefficient (Wildman–Crippen LogP) is 0.901. The van der Waals surface area contributed by atoms with Crippen molar-refractivity contribution in [2.24, 2.45) is 22.2 Å². The van der Waals surface area contributed by atoms with Gasteiger partial charge in [-0.1, -0.05) is 18.5 Å². The van der Waals surface area contributed by atoms with Crippen LogP contribution in [0.5, 0.6) is 0 Å². The smallest absolute Gasteiger partial charge is 0.139 e. The van der Waals surface area contributed by atoms with Crippen molar-refractivity contribution < 1.29 is 10.3 Å². The lowest BCUT2D eigenvalue weighted by atomic mass is 10.00. The van der Waals surface area contributed by atoms with Gasteiger partial charge in [-0.3, -0.25) is 0 Å². The van der Waals surface area contributed by atoms with Crippen molar-refractivity contribution in [2.75, 3.05) is 19.7 Å². The maximum absolute atomic E-state index is 8.90. The monoisotopic (exact) mass is 243 g/mol. The second-order valence-corrected chi connectivity index (χ2v) is 5.19. The number of aliphatic hydroxyl groups is 1. The van der Waals surface area contributed by atoms with Gasteiger partial charge in [0.2, 0.25) is 0 Å². The van der Waals surface area contributed by atoms with Gasteiger partial charge in [0.25, 0.3) is 0 Å². The number of amidine groups is 1. The summed E-state index contributed by atoms with van der Waals surface area (Å²) in [4.78, 5) is 0. The number of rotatable bonds is 9. The van der Waals surface area contributed by atoms with Gasteiger partial charge in [0, 0.05) is 19.6 Å². The topological polar surface area (TPSA) is 90.9 Å². The molecule has 0 aromatic carbocycles. The first-order chi connectivity index (χ1) is 8.15. The number of aliphatic hydroxyl groups excluding tert-OH is 1. The molecule has 0 radical (unpaired) electrons. The molecular weight excluding hydrogens is 218 g/mol. The van der Waals surface area contributed by atoms with Gasteiger partial charge in [0.15, 0.2) is 0 Å². The minimum absolute atomic E-state index is 0.216. The molecule has 1 rings (SSSR count). The van der Waals surface area contributed by atoms with Gasteiger partial charge in [0.05, 0.1) is 0 Å². The molecule has 1 aliphatic rings. The van der Waals surface area contributed by atoms with Crippen molar-refractivity contribution >= 4 is 5.84 Å². The van der Waals surface area contributed by atoms with Gasteiger partial charge >= 0.3 is 0 Å². The summed E-state index contributed by atoms with van der Waals surface area (Å²) in [5, 5.41) is 24.0. The Bertz CT molecular complexity index is 252. The number of hydrogen-bond donors (Lipinski definition) is 4. The summed E-state index contributed by atoms with van der Waals surface area (Å²) in [7, 11) is 0. The molecule has 1 atom stereocenters. The standard InChI is InChI=1S/C12H25N3O2/c1-2-10(3-6-16)8-14-9-12(4-5-12)7-11(13)15-17/h10,14,16-17H,2-9H2,1H3,(H2,13,15). The van der Waals surface area contributed by atoms with Crippen LogP contribution in [-0.2, 0) is 0 Å². The average Bonchev–Trinajstić information content (AvgIpc) is 3.08. The van der Waals surface area contributed by atoms with E-state index in [2.05, 4.69) is 17.4 Å². The van der Waals surface area contributed by atoms with Crippen molar-refractivity contribution in [3.05, 3.63) is 0 Å². The van der Waals surface area contributed by atoms with E-state index in [0.717, 1.165) is 38.8 Å². The second kappa shape index (κ2) is 6.81. The molecule has 5 N–H and O–H groups in total. The Labute approximate surface area is 103 Å². The van der Waals surface area contributed by atoms with Crippen molar-refractivity contribution in [2.45, 2.75) is 39.0 Å². The fourth-order valence-corrected chi connectivity index (χ4v) is 2.19. The maximum Gasteiger partial charge on any atom is 0.139 e. The molecule has 5 heteroatoms.